The third-order valence-corrected chi connectivity index (χ3v) is 2.93. The molecule has 3 atom stereocenters. The van der Waals surface area contributed by atoms with Gasteiger partial charge in [-0.25, -0.2) is 4.79 Å². The molecule has 1 aromatic heterocycles. The molecule has 0 unspecified atom stereocenters. The van der Waals surface area contributed by atoms with Gasteiger partial charge in [-0.2, -0.15) is 4.98 Å². The predicted molar refractivity (Wildman–Crippen MR) is 68.9 cm³/mol. The van der Waals surface area contributed by atoms with Crippen molar-refractivity contribution in [2.24, 2.45) is 0 Å². The molecular formula is C12H15N3O5. The maximum atomic E-state index is 11.9. The van der Waals surface area contributed by atoms with E-state index in [1.807, 2.05) is 0 Å². The minimum Gasteiger partial charge on any atom is -0.394 e. The molecule has 0 amide bonds. The molecule has 0 aromatic carbocycles. The highest BCUT2D eigenvalue weighted by molar-refractivity contribution is 5.65. The molecule has 8 heteroatoms. The van der Waals surface area contributed by atoms with Gasteiger partial charge in [-0.1, -0.05) is 0 Å². The third kappa shape index (κ3) is 3.10. The molecule has 8 nitrogen and oxygen atoms in total. The molecule has 1 fully saturated rings. The summed E-state index contributed by atoms with van der Waals surface area (Å²) in [5, 5.41) is 21.3. The Labute approximate surface area is 114 Å². The number of nitrogens with zero attached hydrogens (tertiary/aromatic N) is 2. The van der Waals surface area contributed by atoms with Crippen LogP contribution in [0.15, 0.2) is 29.3 Å². The fourth-order valence-corrected chi connectivity index (χ4v) is 1.94. The molecule has 1 aromatic rings. The summed E-state index contributed by atoms with van der Waals surface area (Å²) in [6, 6.07) is 1.54. The molecule has 0 radical (unpaired) electrons. The van der Waals surface area contributed by atoms with E-state index >= 15 is 0 Å². The van der Waals surface area contributed by atoms with Crippen LogP contribution in [0.25, 0.3) is 0 Å². The van der Waals surface area contributed by atoms with Gasteiger partial charge in [0.25, 0.3) is 0 Å². The highest BCUT2D eigenvalue weighted by Gasteiger charge is 2.34. The van der Waals surface area contributed by atoms with Crippen molar-refractivity contribution in [1.29, 1.82) is 0 Å². The quantitative estimate of drug-likeness (QED) is 0.469. The molecule has 1 saturated heterocycles. The Bertz CT molecular complexity index is 556. The number of carbonyl (C=O) groups is 1. The van der Waals surface area contributed by atoms with E-state index in [4.69, 9.17) is 9.84 Å². The zero-order valence-corrected chi connectivity index (χ0v) is 10.5. The van der Waals surface area contributed by atoms with E-state index in [2.05, 4.69) is 10.3 Å². The summed E-state index contributed by atoms with van der Waals surface area (Å²) in [6.45, 7) is -0.310. The number of allylic oxidation sites excluding steroid dienone is 1. The normalized spacial score (nSPS) is 26.0. The van der Waals surface area contributed by atoms with E-state index < -0.39 is 24.1 Å². The lowest BCUT2D eigenvalue weighted by Gasteiger charge is -2.14. The standard InChI is InChI=1S/C12H15N3O5/c16-5-1-3-13-10-2-4-15(12(19)14-10)11-6-8(18)9(7-17)20-11/h1-5,8-9,11,17-18H,6-7H2,(H,13,14,19)/b3-1+/t8-,9+,11+/m0/s1. The Morgan fingerprint density at radius 3 is 3.00 bits per heavy atom. The van der Waals surface area contributed by atoms with Crippen LogP contribution in [0.1, 0.15) is 12.6 Å². The number of aliphatic hydroxyl groups is 2. The first-order valence-electron chi connectivity index (χ1n) is 6.06. The summed E-state index contributed by atoms with van der Waals surface area (Å²) in [4.78, 5) is 25.7. The largest absolute Gasteiger partial charge is 0.394 e. The number of anilines is 1. The highest BCUT2D eigenvalue weighted by Crippen LogP contribution is 2.27. The van der Waals surface area contributed by atoms with Crippen molar-refractivity contribution in [2.45, 2.75) is 24.9 Å². The molecule has 108 valence electrons. The van der Waals surface area contributed by atoms with Crippen LogP contribution in [0, 0.1) is 0 Å². The predicted octanol–water partition coefficient (Wildman–Crippen LogP) is -0.992. The number of hydrogen-bond donors (Lipinski definition) is 3. The van der Waals surface area contributed by atoms with E-state index in [0.717, 1.165) is 0 Å². The van der Waals surface area contributed by atoms with Crippen LogP contribution in [-0.4, -0.2) is 44.9 Å². The van der Waals surface area contributed by atoms with Gasteiger partial charge in [-0.3, -0.25) is 9.36 Å². The Kier molecular flexibility index (Phi) is 4.61. The second kappa shape index (κ2) is 6.42. The number of nitrogens with one attached hydrogen (secondary N) is 1. The van der Waals surface area contributed by atoms with Gasteiger partial charge in [-0.15, -0.1) is 0 Å². The zero-order valence-electron chi connectivity index (χ0n) is 10.5. The maximum absolute atomic E-state index is 11.9. The van der Waals surface area contributed by atoms with Crippen LogP contribution >= 0.6 is 0 Å². The monoisotopic (exact) mass is 281 g/mol. The van der Waals surface area contributed by atoms with Crippen molar-refractivity contribution in [2.75, 3.05) is 11.9 Å². The molecule has 2 rings (SSSR count). The van der Waals surface area contributed by atoms with Crippen LogP contribution in [-0.2, 0) is 9.53 Å². The topological polar surface area (TPSA) is 114 Å². The van der Waals surface area contributed by atoms with Gasteiger partial charge in [0.15, 0.2) is 0 Å². The zero-order chi connectivity index (χ0) is 14.5. The Balaban J connectivity index is 2.12. The molecule has 0 saturated carbocycles. The molecule has 1 aliphatic heterocycles. The first kappa shape index (κ1) is 14.4. The van der Waals surface area contributed by atoms with Crippen LogP contribution in [0.2, 0.25) is 0 Å². The molecule has 20 heavy (non-hydrogen) atoms. The van der Waals surface area contributed by atoms with Crippen LogP contribution in [0.4, 0.5) is 5.82 Å². The summed E-state index contributed by atoms with van der Waals surface area (Å²) in [7, 11) is 0. The summed E-state index contributed by atoms with van der Waals surface area (Å²) in [5.41, 5.74) is -0.551. The van der Waals surface area contributed by atoms with Crippen molar-refractivity contribution in [3.05, 3.63) is 35.0 Å². The van der Waals surface area contributed by atoms with Gasteiger partial charge in [0.1, 0.15) is 24.4 Å². The number of hydrogen-bond acceptors (Lipinski definition) is 7. The fraction of sp³-hybridized carbons (Fsp3) is 0.417. The summed E-state index contributed by atoms with van der Waals surface area (Å²) >= 11 is 0. The summed E-state index contributed by atoms with van der Waals surface area (Å²) in [5.74, 6) is 0.293. The van der Waals surface area contributed by atoms with E-state index in [9.17, 15) is 14.7 Å². The van der Waals surface area contributed by atoms with E-state index in [1.165, 1.54) is 23.0 Å². The van der Waals surface area contributed by atoms with E-state index in [0.29, 0.717) is 12.1 Å². The van der Waals surface area contributed by atoms with Crippen molar-refractivity contribution >= 4 is 12.1 Å². The molecule has 3 N–H and O–H groups in total. The fourth-order valence-electron chi connectivity index (χ4n) is 1.94. The van der Waals surface area contributed by atoms with Gasteiger partial charge in [0, 0.05) is 18.8 Å². The lowest BCUT2D eigenvalue weighted by Crippen LogP contribution is -2.27. The van der Waals surface area contributed by atoms with E-state index in [1.54, 1.807) is 6.07 Å². The first-order chi connectivity index (χ1) is 9.65. The molecule has 0 aliphatic carbocycles. The van der Waals surface area contributed by atoms with Crippen LogP contribution in [0.3, 0.4) is 0 Å². The highest BCUT2D eigenvalue weighted by atomic mass is 16.5. The number of aliphatic hydroxyl groups excluding tert-OH is 2. The number of carbonyl (C=O) groups excluding carboxylic acids is 1. The number of aromatic nitrogens is 2. The number of aldehydes is 1. The van der Waals surface area contributed by atoms with Gasteiger partial charge in [0.2, 0.25) is 0 Å². The van der Waals surface area contributed by atoms with Gasteiger partial charge >= 0.3 is 5.69 Å². The number of rotatable bonds is 5. The van der Waals surface area contributed by atoms with Crippen molar-refractivity contribution in [3.8, 4) is 0 Å². The Hall–Kier alpha value is -2.03. The van der Waals surface area contributed by atoms with Crippen molar-refractivity contribution < 1.29 is 19.7 Å². The molecular weight excluding hydrogens is 266 g/mol. The van der Waals surface area contributed by atoms with Gasteiger partial charge < -0.3 is 20.3 Å². The van der Waals surface area contributed by atoms with Crippen molar-refractivity contribution in [3.63, 3.8) is 0 Å². The smallest absolute Gasteiger partial charge is 0.351 e. The first-order valence-corrected chi connectivity index (χ1v) is 6.06. The molecule has 1 aliphatic rings. The average Bonchev–Trinajstić information content (AvgIpc) is 2.80. The Morgan fingerprint density at radius 2 is 2.40 bits per heavy atom. The minimum absolute atomic E-state index is 0.213. The average molecular weight is 281 g/mol. The van der Waals surface area contributed by atoms with Crippen LogP contribution in [0.5, 0.6) is 0 Å². The molecule has 2 heterocycles. The van der Waals surface area contributed by atoms with Crippen LogP contribution < -0.4 is 11.0 Å². The minimum atomic E-state index is -0.815. The van der Waals surface area contributed by atoms with Gasteiger partial charge in [-0.05, 0) is 12.1 Å². The Morgan fingerprint density at radius 1 is 1.60 bits per heavy atom. The second-order valence-corrected chi connectivity index (χ2v) is 4.26. The SMILES string of the molecule is O=C/C=C/Nc1ccn([C@H]2C[C@H](O)[C@@H](CO)O2)c(=O)n1. The van der Waals surface area contributed by atoms with E-state index in [-0.39, 0.29) is 13.0 Å². The molecule has 0 bridgehead atoms. The lowest BCUT2D eigenvalue weighted by molar-refractivity contribution is -0.104. The molecule has 0 spiro atoms. The van der Waals surface area contributed by atoms with Crippen molar-refractivity contribution in [1.82, 2.24) is 9.55 Å². The maximum Gasteiger partial charge on any atom is 0.351 e. The summed E-state index contributed by atoms with van der Waals surface area (Å²) in [6.07, 6.45) is 2.71. The summed E-state index contributed by atoms with van der Waals surface area (Å²) < 4.78 is 6.61. The number of ether oxygens (including phenoxy) is 1. The van der Waals surface area contributed by atoms with Gasteiger partial charge in [0.05, 0.1) is 12.7 Å². The third-order valence-electron chi connectivity index (χ3n) is 2.93. The lowest BCUT2D eigenvalue weighted by atomic mass is 10.2. The second-order valence-electron chi connectivity index (χ2n) is 4.26.